The van der Waals surface area contributed by atoms with Crippen LogP contribution in [0.5, 0.6) is 5.75 Å². The smallest absolute Gasteiger partial charge is 0.309 e. The fourth-order valence-corrected chi connectivity index (χ4v) is 1.28. The molecule has 1 rings (SSSR count). The van der Waals surface area contributed by atoms with Crippen molar-refractivity contribution in [1.82, 2.24) is 0 Å². The van der Waals surface area contributed by atoms with E-state index in [-0.39, 0.29) is 19.0 Å². The molecule has 1 aromatic rings. The van der Waals surface area contributed by atoms with Gasteiger partial charge in [0, 0.05) is 0 Å². The third-order valence-corrected chi connectivity index (χ3v) is 2.15. The van der Waals surface area contributed by atoms with Crippen molar-refractivity contribution in [2.75, 3.05) is 14.2 Å². The number of benzene rings is 1. The van der Waals surface area contributed by atoms with Crippen molar-refractivity contribution >= 4 is 5.97 Å². The molecule has 0 atom stereocenters. The summed E-state index contributed by atoms with van der Waals surface area (Å²) >= 11 is 0. The molecule has 0 fully saturated rings. The fourth-order valence-electron chi connectivity index (χ4n) is 1.28. The largest absolute Gasteiger partial charge is 0.497 e. The number of rotatable bonds is 4. The van der Waals surface area contributed by atoms with Gasteiger partial charge >= 0.3 is 5.97 Å². The van der Waals surface area contributed by atoms with E-state index in [0.29, 0.717) is 11.3 Å². The minimum Gasteiger partial charge on any atom is -0.497 e. The van der Waals surface area contributed by atoms with Gasteiger partial charge in [-0.1, -0.05) is 19.9 Å². The lowest BCUT2D eigenvalue weighted by Crippen LogP contribution is -2.07. The number of hydrogen-bond donors (Lipinski definition) is 1. The Kier molecular flexibility index (Phi) is 7.80. The van der Waals surface area contributed by atoms with E-state index in [0.717, 1.165) is 5.56 Å². The zero-order valence-corrected chi connectivity index (χ0v) is 10.8. The van der Waals surface area contributed by atoms with Crippen molar-refractivity contribution < 1.29 is 19.4 Å². The number of hydrogen-bond acceptors (Lipinski definition) is 4. The maximum atomic E-state index is 11.1. The van der Waals surface area contributed by atoms with Crippen molar-refractivity contribution in [2.45, 2.75) is 26.9 Å². The van der Waals surface area contributed by atoms with Crippen molar-refractivity contribution in [3.63, 3.8) is 0 Å². The summed E-state index contributed by atoms with van der Waals surface area (Å²) in [7, 11) is 2.89. The number of methoxy groups -OCH3 is 2. The summed E-state index contributed by atoms with van der Waals surface area (Å²) < 4.78 is 9.60. The molecule has 0 saturated heterocycles. The number of ether oxygens (including phenoxy) is 2. The summed E-state index contributed by atoms with van der Waals surface area (Å²) in [6.45, 7) is 3.90. The molecule has 96 valence electrons. The zero-order valence-electron chi connectivity index (χ0n) is 10.8. The predicted octanol–water partition coefficient (Wildman–Crippen LogP) is 1.93. The molecule has 0 aromatic heterocycles. The van der Waals surface area contributed by atoms with Crippen LogP contribution in [0.4, 0.5) is 0 Å². The van der Waals surface area contributed by atoms with Crippen LogP contribution < -0.4 is 4.74 Å². The SMILES string of the molecule is CC.COC(=O)Cc1cc(OC)ccc1CO. The highest BCUT2D eigenvalue weighted by atomic mass is 16.5. The van der Waals surface area contributed by atoms with Crippen molar-refractivity contribution in [3.8, 4) is 5.75 Å². The Hall–Kier alpha value is -1.55. The summed E-state index contributed by atoms with van der Waals surface area (Å²) in [6, 6.07) is 5.20. The molecule has 0 spiro atoms. The lowest BCUT2D eigenvalue weighted by molar-refractivity contribution is -0.139. The number of carbonyl (C=O) groups is 1. The average Bonchev–Trinajstić information content (AvgIpc) is 2.40. The number of aliphatic hydroxyl groups is 1. The predicted molar refractivity (Wildman–Crippen MR) is 66.0 cm³/mol. The molecule has 4 heteroatoms. The Morgan fingerprint density at radius 3 is 2.35 bits per heavy atom. The van der Waals surface area contributed by atoms with E-state index in [1.165, 1.54) is 7.11 Å². The Bertz CT molecular complexity index is 347. The highest BCUT2D eigenvalue weighted by Crippen LogP contribution is 2.18. The van der Waals surface area contributed by atoms with E-state index in [2.05, 4.69) is 4.74 Å². The van der Waals surface area contributed by atoms with E-state index >= 15 is 0 Å². The van der Waals surface area contributed by atoms with Gasteiger partial charge in [0.1, 0.15) is 5.75 Å². The van der Waals surface area contributed by atoms with E-state index in [1.807, 2.05) is 13.8 Å². The molecule has 0 amide bonds. The Labute approximate surface area is 102 Å². The first kappa shape index (κ1) is 15.4. The van der Waals surface area contributed by atoms with Gasteiger partial charge in [-0.05, 0) is 23.3 Å². The fraction of sp³-hybridized carbons (Fsp3) is 0.462. The quantitative estimate of drug-likeness (QED) is 0.817. The molecule has 0 aliphatic heterocycles. The van der Waals surface area contributed by atoms with Gasteiger partial charge in [0.15, 0.2) is 0 Å². The average molecular weight is 240 g/mol. The first-order valence-electron chi connectivity index (χ1n) is 5.54. The molecule has 1 aromatic carbocycles. The van der Waals surface area contributed by atoms with Gasteiger partial charge in [0.05, 0.1) is 27.2 Å². The van der Waals surface area contributed by atoms with Gasteiger partial charge < -0.3 is 14.6 Å². The van der Waals surface area contributed by atoms with Crippen LogP contribution in [0.2, 0.25) is 0 Å². The molecular formula is C13H20O4. The van der Waals surface area contributed by atoms with Crippen LogP contribution in [0.1, 0.15) is 25.0 Å². The van der Waals surface area contributed by atoms with E-state index in [9.17, 15) is 4.79 Å². The second kappa shape index (κ2) is 8.58. The number of aliphatic hydroxyl groups excluding tert-OH is 1. The molecule has 0 saturated carbocycles. The van der Waals surface area contributed by atoms with Gasteiger partial charge in [-0.25, -0.2) is 0 Å². The normalized spacial score (nSPS) is 9.00. The lowest BCUT2D eigenvalue weighted by atomic mass is 10.0. The molecular weight excluding hydrogens is 220 g/mol. The van der Waals surface area contributed by atoms with Crippen LogP contribution in [0.25, 0.3) is 0 Å². The molecule has 0 radical (unpaired) electrons. The first-order chi connectivity index (χ1) is 8.21. The Morgan fingerprint density at radius 1 is 1.24 bits per heavy atom. The Morgan fingerprint density at radius 2 is 1.88 bits per heavy atom. The van der Waals surface area contributed by atoms with Crippen molar-refractivity contribution in [1.29, 1.82) is 0 Å². The summed E-state index contributed by atoms with van der Waals surface area (Å²) in [5.41, 5.74) is 1.44. The van der Waals surface area contributed by atoms with Crippen LogP contribution >= 0.6 is 0 Å². The monoisotopic (exact) mass is 240 g/mol. The highest BCUT2D eigenvalue weighted by molar-refractivity contribution is 5.73. The molecule has 1 N–H and O–H groups in total. The second-order valence-electron chi connectivity index (χ2n) is 3.05. The van der Waals surface area contributed by atoms with E-state index in [1.54, 1.807) is 25.3 Å². The molecule has 0 aliphatic carbocycles. The number of carbonyl (C=O) groups excluding carboxylic acids is 1. The third kappa shape index (κ3) is 4.87. The van der Waals surface area contributed by atoms with Crippen LogP contribution in [-0.2, 0) is 22.6 Å². The van der Waals surface area contributed by atoms with Gasteiger partial charge in [0.2, 0.25) is 0 Å². The molecule has 0 aliphatic rings. The standard InChI is InChI=1S/C11H14O4.C2H6/c1-14-10-4-3-8(7-12)9(5-10)6-11(13)15-2;1-2/h3-5,12H,6-7H2,1-2H3;1-2H3. The minimum absolute atomic E-state index is 0.101. The van der Waals surface area contributed by atoms with Crippen LogP contribution in [-0.4, -0.2) is 25.3 Å². The molecule has 0 unspecified atom stereocenters. The van der Waals surface area contributed by atoms with Crippen LogP contribution in [0.3, 0.4) is 0 Å². The summed E-state index contributed by atoms with van der Waals surface area (Å²) in [5, 5.41) is 9.07. The molecule has 0 heterocycles. The molecule has 4 nitrogen and oxygen atoms in total. The summed E-state index contributed by atoms with van der Waals surface area (Å²) in [5.74, 6) is 0.323. The van der Waals surface area contributed by atoms with Gasteiger partial charge in [-0.3, -0.25) is 4.79 Å². The maximum Gasteiger partial charge on any atom is 0.309 e. The van der Waals surface area contributed by atoms with E-state index < -0.39 is 0 Å². The topological polar surface area (TPSA) is 55.8 Å². The minimum atomic E-state index is -0.335. The molecule has 17 heavy (non-hydrogen) atoms. The summed E-state index contributed by atoms with van der Waals surface area (Å²) in [6.07, 6.45) is 0.142. The van der Waals surface area contributed by atoms with Gasteiger partial charge in [0.25, 0.3) is 0 Å². The van der Waals surface area contributed by atoms with Gasteiger partial charge in [-0.2, -0.15) is 0 Å². The van der Waals surface area contributed by atoms with Crippen molar-refractivity contribution in [3.05, 3.63) is 29.3 Å². The molecule has 0 bridgehead atoms. The number of esters is 1. The second-order valence-corrected chi connectivity index (χ2v) is 3.05. The summed E-state index contributed by atoms with van der Waals surface area (Å²) in [4.78, 5) is 11.1. The Balaban J connectivity index is 0.00000121. The third-order valence-electron chi connectivity index (χ3n) is 2.15. The van der Waals surface area contributed by atoms with E-state index in [4.69, 9.17) is 9.84 Å². The first-order valence-corrected chi connectivity index (χ1v) is 5.54. The van der Waals surface area contributed by atoms with Gasteiger partial charge in [-0.15, -0.1) is 0 Å². The maximum absolute atomic E-state index is 11.1. The highest BCUT2D eigenvalue weighted by Gasteiger charge is 2.08. The van der Waals surface area contributed by atoms with Crippen LogP contribution in [0.15, 0.2) is 18.2 Å². The van der Waals surface area contributed by atoms with Crippen LogP contribution in [0, 0.1) is 0 Å². The zero-order chi connectivity index (χ0) is 13.3. The van der Waals surface area contributed by atoms with Crippen molar-refractivity contribution in [2.24, 2.45) is 0 Å². The lowest BCUT2D eigenvalue weighted by Gasteiger charge is -2.08.